The van der Waals surface area contributed by atoms with Crippen LogP contribution in [0.4, 0.5) is 0 Å². The average Bonchev–Trinajstić information content (AvgIpc) is 3.02. The molecule has 1 atom stereocenters. The summed E-state index contributed by atoms with van der Waals surface area (Å²) in [4.78, 5) is 2.49. The number of hydrogen-bond acceptors (Lipinski definition) is 2. The number of piperidine rings is 1. The Bertz CT molecular complexity index is 448. The fourth-order valence-electron chi connectivity index (χ4n) is 2.78. The number of likely N-dealkylation sites (tertiary alicyclic amines) is 1. The van der Waals surface area contributed by atoms with Gasteiger partial charge in [0.05, 0.1) is 0 Å². The minimum absolute atomic E-state index is 0.888. The molecule has 0 aromatic carbocycles. The lowest BCUT2D eigenvalue weighted by molar-refractivity contribution is 0.181. The second-order valence-electron chi connectivity index (χ2n) is 5.26. The van der Waals surface area contributed by atoms with Crippen LogP contribution in [0.15, 0.2) is 22.6 Å². The van der Waals surface area contributed by atoms with E-state index in [9.17, 15) is 0 Å². The molecule has 18 heavy (non-hydrogen) atoms. The first kappa shape index (κ1) is 13.4. The van der Waals surface area contributed by atoms with Gasteiger partial charge in [-0.1, -0.05) is 20.3 Å². The summed E-state index contributed by atoms with van der Waals surface area (Å²) in [7, 11) is 2.24. The van der Waals surface area contributed by atoms with Gasteiger partial charge in [-0.05, 0) is 63.0 Å². The molecule has 0 N–H and O–H groups in total. The SMILES string of the molecule is CCC1CCCCN1C.CCc1cc2ccc1o2. The number of hydrogen-bond donors (Lipinski definition) is 0. The molecule has 2 heteroatoms. The van der Waals surface area contributed by atoms with Gasteiger partial charge in [0.15, 0.2) is 0 Å². The number of fused-ring (bicyclic) bond motifs is 2. The number of rotatable bonds is 2. The lowest BCUT2D eigenvalue weighted by atomic mass is 10.0. The van der Waals surface area contributed by atoms with Crippen molar-refractivity contribution in [1.29, 1.82) is 0 Å². The standard InChI is InChI=1S/C8H17N.C8H8O/c1-3-8-6-4-5-7-9(8)2;1-2-6-5-7-3-4-8(6)9-7/h8H,3-7H2,1-2H3;3-5H,2H2,1H3. The largest absolute Gasteiger partial charge is 0.457 e. The Morgan fingerprint density at radius 1 is 1.28 bits per heavy atom. The summed E-state index contributed by atoms with van der Waals surface area (Å²) in [6, 6.07) is 7.00. The lowest BCUT2D eigenvalue weighted by Crippen LogP contribution is -2.35. The first-order valence-corrected chi connectivity index (χ1v) is 7.25. The molecule has 0 radical (unpaired) electrons. The number of nitrogens with zero attached hydrogens (tertiary/aromatic N) is 1. The average molecular weight is 247 g/mol. The van der Waals surface area contributed by atoms with Gasteiger partial charge in [0.1, 0.15) is 11.2 Å². The molecular formula is C16H25NO. The monoisotopic (exact) mass is 247 g/mol. The van der Waals surface area contributed by atoms with Gasteiger partial charge in [0.25, 0.3) is 0 Å². The number of aryl methyl sites for hydroxylation is 1. The predicted molar refractivity (Wildman–Crippen MR) is 77.3 cm³/mol. The first-order chi connectivity index (χ1) is 8.74. The summed E-state index contributed by atoms with van der Waals surface area (Å²) in [5.41, 5.74) is 3.38. The van der Waals surface area contributed by atoms with Crippen molar-refractivity contribution in [3.63, 3.8) is 0 Å². The summed E-state index contributed by atoms with van der Waals surface area (Å²) in [5.74, 6) is 0. The highest BCUT2D eigenvalue weighted by molar-refractivity contribution is 5.65. The molecule has 1 unspecified atom stereocenters. The van der Waals surface area contributed by atoms with E-state index >= 15 is 0 Å². The Morgan fingerprint density at radius 3 is 2.50 bits per heavy atom. The van der Waals surface area contributed by atoms with E-state index in [1.54, 1.807) is 0 Å². The predicted octanol–water partition coefficient (Wildman–Crippen LogP) is 4.31. The van der Waals surface area contributed by atoms with Crippen LogP contribution in [-0.4, -0.2) is 24.5 Å². The van der Waals surface area contributed by atoms with Gasteiger partial charge >= 0.3 is 0 Å². The maximum atomic E-state index is 5.31. The zero-order valence-corrected chi connectivity index (χ0v) is 11.9. The molecule has 1 aliphatic rings. The Kier molecular flexibility index (Phi) is 4.65. The smallest absolute Gasteiger partial charge is 0.130 e. The molecule has 2 nitrogen and oxygen atoms in total. The van der Waals surface area contributed by atoms with E-state index in [-0.39, 0.29) is 0 Å². The van der Waals surface area contributed by atoms with E-state index in [0.717, 1.165) is 23.6 Å². The molecule has 0 spiro atoms. The van der Waals surface area contributed by atoms with E-state index in [1.165, 1.54) is 37.8 Å². The molecule has 0 saturated carbocycles. The molecule has 0 amide bonds. The van der Waals surface area contributed by atoms with Crippen LogP contribution in [0, 0.1) is 0 Å². The Labute approximate surface area is 110 Å². The maximum absolute atomic E-state index is 5.31. The van der Waals surface area contributed by atoms with Crippen molar-refractivity contribution in [2.75, 3.05) is 13.6 Å². The Morgan fingerprint density at radius 2 is 2.11 bits per heavy atom. The topological polar surface area (TPSA) is 16.4 Å². The molecule has 1 aliphatic heterocycles. The zero-order valence-electron chi connectivity index (χ0n) is 11.9. The van der Waals surface area contributed by atoms with Gasteiger partial charge in [0, 0.05) is 6.04 Å². The highest BCUT2D eigenvalue weighted by Gasteiger charge is 2.15. The molecule has 2 aromatic heterocycles. The van der Waals surface area contributed by atoms with Crippen molar-refractivity contribution < 1.29 is 4.42 Å². The van der Waals surface area contributed by atoms with Crippen LogP contribution in [0.1, 0.15) is 45.1 Å². The van der Waals surface area contributed by atoms with Crippen LogP contribution in [0.5, 0.6) is 0 Å². The third-order valence-electron chi connectivity index (χ3n) is 4.03. The molecule has 2 aromatic rings. The molecule has 0 aliphatic carbocycles. The second-order valence-corrected chi connectivity index (χ2v) is 5.26. The van der Waals surface area contributed by atoms with Crippen LogP contribution >= 0.6 is 0 Å². The number of benzene rings is 1. The molecule has 1 fully saturated rings. The highest BCUT2D eigenvalue weighted by Crippen LogP contribution is 2.21. The van der Waals surface area contributed by atoms with Crippen LogP contribution in [0.3, 0.4) is 0 Å². The fraction of sp³-hybridized carbons (Fsp3) is 0.625. The Balaban J connectivity index is 0.000000134. The van der Waals surface area contributed by atoms with Crippen LogP contribution in [-0.2, 0) is 6.42 Å². The molecule has 2 bridgehead atoms. The van der Waals surface area contributed by atoms with Crippen LogP contribution < -0.4 is 0 Å². The quantitative estimate of drug-likeness (QED) is 0.786. The summed E-state index contributed by atoms with van der Waals surface area (Å²) in [5, 5.41) is 0. The first-order valence-electron chi connectivity index (χ1n) is 7.25. The van der Waals surface area contributed by atoms with Gasteiger partial charge < -0.3 is 9.32 Å². The van der Waals surface area contributed by atoms with Gasteiger partial charge in [-0.2, -0.15) is 0 Å². The van der Waals surface area contributed by atoms with Crippen molar-refractivity contribution >= 4 is 11.2 Å². The van der Waals surface area contributed by atoms with E-state index in [2.05, 4.69) is 31.9 Å². The third kappa shape index (κ3) is 3.05. The maximum Gasteiger partial charge on any atom is 0.130 e. The number of furan rings is 2. The highest BCUT2D eigenvalue weighted by atomic mass is 16.3. The van der Waals surface area contributed by atoms with E-state index in [0.29, 0.717) is 0 Å². The lowest BCUT2D eigenvalue weighted by Gasteiger charge is -2.31. The molecule has 1 saturated heterocycles. The van der Waals surface area contributed by atoms with Gasteiger partial charge in [-0.25, -0.2) is 0 Å². The zero-order chi connectivity index (χ0) is 13.0. The summed E-state index contributed by atoms with van der Waals surface area (Å²) in [6.45, 7) is 5.74. The molecule has 3 heterocycles. The van der Waals surface area contributed by atoms with Gasteiger partial charge in [0.2, 0.25) is 0 Å². The van der Waals surface area contributed by atoms with E-state index < -0.39 is 0 Å². The molecule has 3 rings (SSSR count). The normalized spacial score (nSPS) is 20.9. The minimum atomic E-state index is 0.888. The summed E-state index contributed by atoms with van der Waals surface area (Å²) >= 11 is 0. The van der Waals surface area contributed by atoms with Crippen molar-refractivity contribution in [2.24, 2.45) is 0 Å². The summed E-state index contributed by atoms with van der Waals surface area (Å²) in [6.07, 6.45) is 6.68. The second kappa shape index (κ2) is 6.24. The minimum Gasteiger partial charge on any atom is -0.457 e. The van der Waals surface area contributed by atoms with Crippen LogP contribution in [0.25, 0.3) is 11.2 Å². The van der Waals surface area contributed by atoms with Crippen molar-refractivity contribution in [1.82, 2.24) is 4.90 Å². The van der Waals surface area contributed by atoms with Gasteiger partial charge in [-0.15, -0.1) is 0 Å². The van der Waals surface area contributed by atoms with Crippen LogP contribution in [0.2, 0.25) is 0 Å². The molecule has 100 valence electrons. The Hall–Kier alpha value is -1.02. The fourth-order valence-corrected chi connectivity index (χ4v) is 2.78. The van der Waals surface area contributed by atoms with E-state index in [4.69, 9.17) is 4.42 Å². The van der Waals surface area contributed by atoms with E-state index in [1.807, 2.05) is 12.1 Å². The van der Waals surface area contributed by atoms with Crippen molar-refractivity contribution in [3.05, 3.63) is 23.8 Å². The van der Waals surface area contributed by atoms with Crippen molar-refractivity contribution in [2.45, 2.75) is 52.0 Å². The summed E-state index contributed by atoms with van der Waals surface area (Å²) < 4.78 is 5.31. The van der Waals surface area contributed by atoms with Crippen molar-refractivity contribution in [3.8, 4) is 0 Å². The third-order valence-corrected chi connectivity index (χ3v) is 4.03. The molecular weight excluding hydrogens is 222 g/mol. The van der Waals surface area contributed by atoms with Gasteiger partial charge in [-0.3, -0.25) is 0 Å².